The van der Waals surface area contributed by atoms with Crippen molar-refractivity contribution in [2.75, 3.05) is 6.61 Å². The lowest BCUT2D eigenvalue weighted by molar-refractivity contribution is -0.175. The van der Waals surface area contributed by atoms with E-state index in [0.29, 0.717) is 0 Å². The van der Waals surface area contributed by atoms with E-state index in [2.05, 4.69) is 13.1 Å². The van der Waals surface area contributed by atoms with Crippen LogP contribution in [0.25, 0.3) is 0 Å². The summed E-state index contributed by atoms with van der Waals surface area (Å²) in [7, 11) is -1.18. The minimum atomic E-state index is -1.18. The Morgan fingerprint density at radius 1 is 1.45 bits per heavy atom. The van der Waals surface area contributed by atoms with E-state index >= 15 is 0 Å². The lowest BCUT2D eigenvalue weighted by Gasteiger charge is -2.39. The van der Waals surface area contributed by atoms with Crippen molar-refractivity contribution < 1.29 is 24.1 Å². The molecule has 0 radical (unpaired) electrons. The predicted octanol–water partition coefficient (Wildman–Crippen LogP) is 1.40. The first-order valence-corrected chi connectivity index (χ1v) is 9.86. The highest BCUT2D eigenvalue weighted by Gasteiger charge is 2.38. The summed E-state index contributed by atoms with van der Waals surface area (Å²) in [4.78, 5) is 11.0. The van der Waals surface area contributed by atoms with E-state index in [9.17, 15) is 9.90 Å². The number of esters is 1. The minimum absolute atomic E-state index is 0.0889. The van der Waals surface area contributed by atoms with E-state index in [1.54, 1.807) is 6.08 Å². The quantitative estimate of drug-likeness (QED) is 0.628. The minimum Gasteiger partial charge on any atom is -0.494 e. The third kappa shape index (κ3) is 5.26. The first-order chi connectivity index (χ1) is 9.10. The molecule has 0 aliphatic carbocycles. The summed E-state index contributed by atoms with van der Waals surface area (Å²) in [6.07, 6.45) is -0.0142. The van der Waals surface area contributed by atoms with Crippen LogP contribution in [0.1, 0.15) is 27.7 Å². The molecule has 1 aliphatic heterocycles. The number of carbonyl (C=O) groups excluding carboxylic acids is 1. The third-order valence-corrected chi connectivity index (χ3v) is 4.30. The Balaban J connectivity index is 2.88. The molecule has 20 heavy (non-hydrogen) atoms. The van der Waals surface area contributed by atoms with Gasteiger partial charge in [0.25, 0.3) is 0 Å². The van der Waals surface area contributed by atoms with Crippen LogP contribution < -0.4 is 0 Å². The van der Waals surface area contributed by atoms with Gasteiger partial charge in [0.15, 0.2) is 6.10 Å². The van der Waals surface area contributed by atoms with Crippen molar-refractivity contribution in [3.8, 4) is 0 Å². The maximum absolute atomic E-state index is 11.0. The van der Waals surface area contributed by atoms with Crippen molar-refractivity contribution in [2.24, 2.45) is 0 Å². The second kappa shape index (κ2) is 6.73. The second-order valence-corrected chi connectivity index (χ2v) is 9.25. The van der Waals surface area contributed by atoms with Gasteiger partial charge in [-0.2, -0.15) is 0 Å². The topological polar surface area (TPSA) is 65.0 Å². The molecule has 0 saturated carbocycles. The molecule has 1 rings (SSSR count). The van der Waals surface area contributed by atoms with Crippen LogP contribution in [0.3, 0.4) is 0 Å². The predicted molar refractivity (Wildman–Crippen MR) is 79.1 cm³/mol. The molecule has 0 amide bonds. The number of carbonyl (C=O) groups is 1. The van der Waals surface area contributed by atoms with Gasteiger partial charge in [0.1, 0.15) is 27.6 Å². The van der Waals surface area contributed by atoms with Crippen LogP contribution in [-0.4, -0.2) is 50.4 Å². The van der Waals surface area contributed by atoms with Crippen molar-refractivity contribution in [3.05, 3.63) is 11.5 Å². The highest BCUT2D eigenvalue weighted by atomic mass is 28.3. The summed E-state index contributed by atoms with van der Waals surface area (Å²) in [5.41, 5.74) is -0.413. The average molecular weight is 302 g/mol. The molecule has 0 fully saturated rings. The lowest BCUT2D eigenvalue weighted by Crippen LogP contribution is -2.50. The first-order valence-electron chi connectivity index (χ1n) is 6.98. The molecule has 0 aromatic heterocycles. The molecular formula is C14H26O5Si. The lowest BCUT2D eigenvalue weighted by atomic mass is 10.0. The van der Waals surface area contributed by atoms with Gasteiger partial charge in [-0.25, -0.2) is 0 Å². The molecule has 0 spiro atoms. The zero-order valence-corrected chi connectivity index (χ0v) is 14.3. The van der Waals surface area contributed by atoms with E-state index in [4.69, 9.17) is 14.2 Å². The summed E-state index contributed by atoms with van der Waals surface area (Å²) in [6, 6.07) is 0. The molecule has 1 aliphatic rings. The Bertz CT molecular complexity index is 372. The van der Waals surface area contributed by atoms with Gasteiger partial charge >= 0.3 is 5.97 Å². The van der Waals surface area contributed by atoms with Crippen LogP contribution in [-0.2, 0) is 19.0 Å². The van der Waals surface area contributed by atoms with Crippen molar-refractivity contribution in [1.29, 1.82) is 0 Å². The summed E-state index contributed by atoms with van der Waals surface area (Å²) in [5, 5.41) is 11.1. The SMILES string of the molecule is CC(=O)OC[C@H]1OC([SiH](C)C)=C[C@@H](O)[C@@H]1OC(C)(C)C. The van der Waals surface area contributed by atoms with Gasteiger partial charge in [-0.3, -0.25) is 4.79 Å². The maximum atomic E-state index is 11.0. The monoisotopic (exact) mass is 302 g/mol. The zero-order valence-electron chi connectivity index (χ0n) is 13.2. The Morgan fingerprint density at radius 2 is 2.05 bits per heavy atom. The number of rotatable bonds is 4. The van der Waals surface area contributed by atoms with Crippen molar-refractivity contribution in [2.45, 2.75) is 64.7 Å². The van der Waals surface area contributed by atoms with Gasteiger partial charge in [0, 0.05) is 6.92 Å². The number of hydrogen-bond acceptors (Lipinski definition) is 5. The Labute approximate surface area is 122 Å². The standard InChI is InChI=1S/C14H26O5Si/c1-9(15)17-8-11-13(19-14(2,3)4)10(16)7-12(18-11)20(5)6/h7,10-11,13,16,20H,8H2,1-6H3/t10-,11-,13+/m1/s1. The van der Waals surface area contributed by atoms with Crippen molar-refractivity contribution in [3.63, 3.8) is 0 Å². The number of hydrogen-bond donors (Lipinski definition) is 1. The molecule has 0 aromatic carbocycles. The summed E-state index contributed by atoms with van der Waals surface area (Å²) >= 11 is 0. The third-order valence-electron chi connectivity index (χ3n) is 2.84. The molecule has 0 unspecified atom stereocenters. The zero-order chi connectivity index (χ0) is 15.5. The Morgan fingerprint density at radius 3 is 2.50 bits per heavy atom. The van der Waals surface area contributed by atoms with Crippen LogP contribution in [0.15, 0.2) is 11.5 Å². The van der Waals surface area contributed by atoms with Gasteiger partial charge < -0.3 is 19.3 Å². The summed E-state index contributed by atoms with van der Waals surface area (Å²) in [6.45, 7) is 11.4. The van der Waals surface area contributed by atoms with Crippen LogP contribution in [0.4, 0.5) is 0 Å². The molecule has 6 heteroatoms. The van der Waals surface area contributed by atoms with Crippen molar-refractivity contribution >= 4 is 14.8 Å². The Kier molecular flexibility index (Phi) is 5.79. The van der Waals surface area contributed by atoms with Crippen LogP contribution >= 0.6 is 0 Å². The molecule has 5 nitrogen and oxygen atoms in total. The largest absolute Gasteiger partial charge is 0.494 e. The fraction of sp³-hybridized carbons (Fsp3) is 0.786. The van der Waals surface area contributed by atoms with Gasteiger partial charge in [0.2, 0.25) is 0 Å². The molecule has 0 bridgehead atoms. The van der Waals surface area contributed by atoms with Gasteiger partial charge in [-0.05, 0) is 26.8 Å². The molecular weight excluding hydrogens is 276 g/mol. The summed E-state index contributed by atoms with van der Waals surface area (Å²) in [5.74, 6) is -0.365. The van der Waals surface area contributed by atoms with Gasteiger partial charge in [-0.1, -0.05) is 13.1 Å². The molecule has 1 heterocycles. The fourth-order valence-electron chi connectivity index (χ4n) is 1.97. The van der Waals surface area contributed by atoms with E-state index < -0.39 is 32.7 Å². The number of aliphatic hydroxyl groups excluding tert-OH is 1. The molecule has 1 N–H and O–H groups in total. The number of ether oxygens (including phenoxy) is 3. The highest BCUT2D eigenvalue weighted by Crippen LogP contribution is 2.26. The molecule has 3 atom stereocenters. The second-order valence-electron chi connectivity index (χ2n) is 6.37. The maximum Gasteiger partial charge on any atom is 0.302 e. The Hall–Kier alpha value is -0.853. The highest BCUT2D eigenvalue weighted by molar-refractivity contribution is 6.63. The molecule has 0 saturated heterocycles. The number of aliphatic hydroxyl groups is 1. The smallest absolute Gasteiger partial charge is 0.302 e. The van der Waals surface area contributed by atoms with Gasteiger partial charge in [0.05, 0.1) is 11.0 Å². The average Bonchev–Trinajstić information content (AvgIpc) is 2.27. The fourth-order valence-corrected chi connectivity index (χ4v) is 3.00. The van der Waals surface area contributed by atoms with Crippen LogP contribution in [0.5, 0.6) is 0 Å². The van der Waals surface area contributed by atoms with Crippen LogP contribution in [0.2, 0.25) is 13.1 Å². The van der Waals surface area contributed by atoms with E-state index in [1.165, 1.54) is 6.92 Å². The van der Waals surface area contributed by atoms with Gasteiger partial charge in [-0.15, -0.1) is 0 Å². The van der Waals surface area contributed by atoms with E-state index in [1.807, 2.05) is 20.8 Å². The molecule has 0 aromatic rings. The van der Waals surface area contributed by atoms with Crippen molar-refractivity contribution in [1.82, 2.24) is 0 Å². The van der Waals surface area contributed by atoms with Crippen LogP contribution in [0, 0.1) is 0 Å². The van der Waals surface area contributed by atoms with E-state index in [-0.39, 0.29) is 12.6 Å². The van der Waals surface area contributed by atoms with E-state index in [0.717, 1.165) is 5.38 Å². The molecule has 116 valence electrons. The summed E-state index contributed by atoms with van der Waals surface area (Å²) < 4.78 is 16.8. The normalized spacial score (nSPS) is 27.0. The first kappa shape index (κ1) is 17.2.